The first-order valence-electron chi connectivity index (χ1n) is 19.0. The number of amides is 2. The van der Waals surface area contributed by atoms with Crippen molar-refractivity contribution >= 4 is 35.0 Å². The molecule has 6 nitrogen and oxygen atoms in total. The largest absolute Gasteiger partial charge is 0.417 e. The summed E-state index contributed by atoms with van der Waals surface area (Å²) in [6.45, 7) is 7.35. The topological polar surface area (TPSA) is 64.7 Å². The van der Waals surface area contributed by atoms with Crippen molar-refractivity contribution in [1.82, 2.24) is 20.4 Å². The van der Waals surface area contributed by atoms with E-state index in [0.717, 1.165) is 68.5 Å². The lowest BCUT2D eigenvalue weighted by atomic mass is 10.0. The molecule has 0 aliphatic carbocycles. The number of carbonyl (C=O) groups excluding carboxylic acids is 2. The van der Waals surface area contributed by atoms with Gasteiger partial charge in [0.15, 0.2) is 0 Å². The number of likely N-dealkylation sites (tertiary alicyclic amines) is 2. The van der Waals surface area contributed by atoms with Gasteiger partial charge in [-0.1, -0.05) is 103 Å². The number of hydrogen-bond donors (Lipinski definition) is 2. The van der Waals surface area contributed by atoms with Crippen LogP contribution in [0.2, 0.25) is 10.0 Å². The van der Waals surface area contributed by atoms with E-state index < -0.39 is 45.3 Å². The molecular formula is C43H46Cl2F6N4O2. The van der Waals surface area contributed by atoms with Crippen molar-refractivity contribution in [3.63, 3.8) is 0 Å². The van der Waals surface area contributed by atoms with Crippen molar-refractivity contribution in [2.24, 2.45) is 0 Å². The molecule has 0 radical (unpaired) electrons. The van der Waals surface area contributed by atoms with Gasteiger partial charge >= 0.3 is 12.4 Å². The molecule has 2 N–H and O–H groups in total. The fourth-order valence-electron chi connectivity index (χ4n) is 7.49. The van der Waals surface area contributed by atoms with Crippen LogP contribution in [0.1, 0.15) is 101 Å². The van der Waals surface area contributed by atoms with Crippen LogP contribution < -0.4 is 10.6 Å². The minimum Gasteiger partial charge on any atom is -0.344 e. The third kappa shape index (κ3) is 11.5. The Bertz CT molecular complexity index is 1950. The van der Waals surface area contributed by atoms with Gasteiger partial charge in [-0.3, -0.25) is 19.4 Å². The van der Waals surface area contributed by atoms with Gasteiger partial charge in [-0.15, -0.1) is 0 Å². The molecule has 57 heavy (non-hydrogen) atoms. The normalized spacial score (nSPS) is 18.7. The fourth-order valence-corrected chi connectivity index (χ4v) is 8.13. The summed E-state index contributed by atoms with van der Waals surface area (Å²) in [6, 6.07) is 25.9. The Kier molecular flexibility index (Phi) is 15.1. The average Bonchev–Trinajstić information content (AvgIpc) is 3.81. The van der Waals surface area contributed by atoms with E-state index in [0.29, 0.717) is 25.2 Å². The van der Waals surface area contributed by atoms with Gasteiger partial charge in [-0.05, 0) is 87.5 Å². The van der Waals surface area contributed by atoms with Crippen LogP contribution >= 0.6 is 23.2 Å². The zero-order chi connectivity index (χ0) is 41.3. The summed E-state index contributed by atoms with van der Waals surface area (Å²) in [7, 11) is 0. The van der Waals surface area contributed by atoms with Crippen LogP contribution in [0.3, 0.4) is 0 Å². The first-order chi connectivity index (χ1) is 27.1. The van der Waals surface area contributed by atoms with E-state index >= 15 is 0 Å². The maximum Gasteiger partial charge on any atom is 0.417 e. The summed E-state index contributed by atoms with van der Waals surface area (Å²) in [6.07, 6.45) is -3.80. The number of carbonyl (C=O) groups is 2. The van der Waals surface area contributed by atoms with Crippen molar-refractivity contribution in [2.45, 2.75) is 82.5 Å². The Morgan fingerprint density at radius 1 is 0.649 bits per heavy atom. The number of hydrogen-bond acceptors (Lipinski definition) is 4. The van der Waals surface area contributed by atoms with E-state index in [9.17, 15) is 35.9 Å². The van der Waals surface area contributed by atoms with Gasteiger partial charge in [0, 0.05) is 25.2 Å². The summed E-state index contributed by atoms with van der Waals surface area (Å²) in [5.41, 5.74) is -0.550. The second-order valence-corrected chi connectivity index (χ2v) is 15.1. The quantitative estimate of drug-likeness (QED) is 0.148. The van der Waals surface area contributed by atoms with Crippen LogP contribution in [0.25, 0.3) is 0 Å². The van der Waals surface area contributed by atoms with E-state index in [1.165, 1.54) is 24.3 Å². The zero-order valence-corrected chi connectivity index (χ0v) is 33.2. The maximum absolute atomic E-state index is 13.1. The molecular weight excluding hydrogens is 789 g/mol. The second-order valence-electron chi connectivity index (χ2n) is 14.4. The Hall–Kier alpha value is -4.10. The number of nitrogens with zero attached hydrogens (tertiary/aromatic N) is 2. The van der Waals surface area contributed by atoms with Crippen molar-refractivity contribution in [3.8, 4) is 0 Å². The van der Waals surface area contributed by atoms with E-state index in [1.54, 1.807) is 0 Å². The standard InChI is InChI=1S/C22H24ClF3N2O.C21H22ClF3N2O/c1-2-16-10-7-13-28(16)14-19(15-8-4-3-5-9-15)27-21(29)17-11-6-12-18(20(17)23)22(24,25)26;1-14-7-6-12-27(14)13-18(15-8-3-2-4-9-15)26-20(28)16-10-5-11-17(19(16)22)21(23,24)25/h3-6,8-9,11-12,16,19H,2,7,10,13-14H2,1H3,(H,27,29);2-5,8-11,14,18H,6-7,12-13H2,1H3,(H,26,28)/t16?,19-;14?,18-/m11/s1. The first kappa shape index (κ1) is 44.0. The lowest BCUT2D eigenvalue weighted by Crippen LogP contribution is -2.40. The van der Waals surface area contributed by atoms with Crippen LogP contribution in [0.4, 0.5) is 26.3 Å². The predicted molar refractivity (Wildman–Crippen MR) is 211 cm³/mol. The van der Waals surface area contributed by atoms with Gasteiger partial charge in [0.05, 0.1) is 44.4 Å². The molecule has 6 rings (SSSR count). The molecule has 2 saturated heterocycles. The Morgan fingerprint density at radius 2 is 1.07 bits per heavy atom. The second kappa shape index (κ2) is 19.6. The van der Waals surface area contributed by atoms with E-state index in [2.05, 4.69) is 34.3 Å². The number of benzene rings is 4. The predicted octanol–water partition coefficient (Wildman–Crippen LogP) is 11.0. The number of nitrogens with one attached hydrogen (secondary N) is 2. The molecule has 0 saturated carbocycles. The highest BCUT2D eigenvalue weighted by Gasteiger charge is 2.36. The molecule has 4 aromatic rings. The maximum atomic E-state index is 13.1. The highest BCUT2D eigenvalue weighted by molar-refractivity contribution is 6.35. The first-order valence-corrected chi connectivity index (χ1v) is 19.7. The Labute approximate surface area is 339 Å². The van der Waals surface area contributed by atoms with E-state index in [1.807, 2.05) is 60.7 Å². The van der Waals surface area contributed by atoms with Crippen molar-refractivity contribution in [1.29, 1.82) is 0 Å². The van der Waals surface area contributed by atoms with Gasteiger partial charge in [0.2, 0.25) is 0 Å². The molecule has 4 atom stereocenters. The lowest BCUT2D eigenvalue weighted by Gasteiger charge is -2.29. The highest BCUT2D eigenvalue weighted by atomic mass is 35.5. The smallest absolute Gasteiger partial charge is 0.344 e. The minimum absolute atomic E-state index is 0.170. The lowest BCUT2D eigenvalue weighted by molar-refractivity contribution is -0.138. The minimum atomic E-state index is -4.61. The van der Waals surface area contributed by atoms with Gasteiger partial charge in [-0.25, -0.2) is 0 Å². The molecule has 0 bridgehead atoms. The van der Waals surface area contributed by atoms with Crippen LogP contribution in [0, 0.1) is 0 Å². The molecule has 14 heteroatoms. The molecule has 0 spiro atoms. The molecule has 2 amide bonds. The van der Waals surface area contributed by atoms with Gasteiger partial charge in [-0.2, -0.15) is 26.3 Å². The van der Waals surface area contributed by atoms with Crippen LogP contribution in [-0.2, 0) is 12.4 Å². The third-order valence-corrected chi connectivity index (χ3v) is 11.4. The Balaban J connectivity index is 0.000000218. The SMILES string of the molecule is CC1CCCN1C[C@@H](NC(=O)c1cccc(C(F)(F)F)c1Cl)c1ccccc1.CCC1CCCN1C[C@@H](NC(=O)c1cccc(C(F)(F)F)c1Cl)c1ccccc1. The van der Waals surface area contributed by atoms with Crippen molar-refractivity contribution in [3.05, 3.63) is 140 Å². The number of alkyl halides is 6. The van der Waals surface area contributed by atoms with Gasteiger partial charge in [0.1, 0.15) is 0 Å². The summed E-state index contributed by atoms with van der Waals surface area (Å²) >= 11 is 11.9. The molecule has 2 aliphatic rings. The van der Waals surface area contributed by atoms with Crippen molar-refractivity contribution in [2.75, 3.05) is 26.2 Å². The molecule has 2 aliphatic heterocycles. The molecule has 4 aromatic carbocycles. The van der Waals surface area contributed by atoms with E-state index in [-0.39, 0.29) is 23.2 Å². The fraction of sp³-hybridized carbons (Fsp3) is 0.395. The van der Waals surface area contributed by atoms with Crippen LogP contribution in [0.15, 0.2) is 97.1 Å². The van der Waals surface area contributed by atoms with Gasteiger partial charge < -0.3 is 10.6 Å². The summed E-state index contributed by atoms with van der Waals surface area (Å²) in [4.78, 5) is 30.3. The molecule has 2 heterocycles. The monoisotopic (exact) mass is 834 g/mol. The average molecular weight is 836 g/mol. The molecule has 0 aromatic heterocycles. The summed E-state index contributed by atoms with van der Waals surface area (Å²) < 4.78 is 78.8. The summed E-state index contributed by atoms with van der Waals surface area (Å²) in [5.74, 6) is -1.22. The number of halogens is 8. The van der Waals surface area contributed by atoms with E-state index in [4.69, 9.17) is 23.2 Å². The van der Waals surface area contributed by atoms with Crippen LogP contribution in [0.5, 0.6) is 0 Å². The number of rotatable bonds is 11. The summed E-state index contributed by atoms with van der Waals surface area (Å²) in [5, 5.41) is 4.64. The van der Waals surface area contributed by atoms with Gasteiger partial charge in [0.25, 0.3) is 11.8 Å². The van der Waals surface area contributed by atoms with Crippen LogP contribution in [-0.4, -0.2) is 59.9 Å². The molecule has 2 fully saturated rings. The third-order valence-electron chi connectivity index (χ3n) is 10.6. The highest BCUT2D eigenvalue weighted by Crippen LogP contribution is 2.38. The zero-order valence-electron chi connectivity index (χ0n) is 31.6. The Morgan fingerprint density at radius 3 is 1.47 bits per heavy atom. The molecule has 2 unspecified atom stereocenters. The molecule has 306 valence electrons. The van der Waals surface area contributed by atoms with Crippen molar-refractivity contribution < 1.29 is 35.9 Å².